The van der Waals surface area contributed by atoms with Gasteiger partial charge in [-0.25, -0.2) is 14.1 Å². The van der Waals surface area contributed by atoms with Crippen molar-refractivity contribution < 1.29 is 9.18 Å². The molecule has 0 radical (unpaired) electrons. The molecule has 3 aromatic rings. The molecule has 8 heteroatoms. The first kappa shape index (κ1) is 15.9. The van der Waals surface area contributed by atoms with E-state index in [1.54, 1.807) is 22.9 Å². The lowest BCUT2D eigenvalue weighted by molar-refractivity contribution is 0.102. The number of carbonyl (C=O) groups is 1. The van der Waals surface area contributed by atoms with Crippen molar-refractivity contribution in [2.75, 3.05) is 5.32 Å². The first-order chi connectivity index (χ1) is 11.6. The quantitative estimate of drug-likeness (QED) is 0.779. The molecule has 124 valence electrons. The highest BCUT2D eigenvalue weighted by atomic mass is 19.1. The summed E-state index contributed by atoms with van der Waals surface area (Å²) in [7, 11) is 0. The van der Waals surface area contributed by atoms with Gasteiger partial charge in [0.25, 0.3) is 5.91 Å². The van der Waals surface area contributed by atoms with Gasteiger partial charge in [-0.15, -0.1) is 5.10 Å². The third-order valence-electron chi connectivity index (χ3n) is 3.70. The Morgan fingerprint density at radius 1 is 1.33 bits per heavy atom. The number of aryl methyl sites for hydroxylation is 1. The third kappa shape index (κ3) is 3.17. The lowest BCUT2D eigenvalue weighted by Gasteiger charge is -2.03. The van der Waals surface area contributed by atoms with Crippen LogP contribution in [0.25, 0.3) is 0 Å². The van der Waals surface area contributed by atoms with Gasteiger partial charge in [0, 0.05) is 17.8 Å². The third-order valence-corrected chi connectivity index (χ3v) is 3.70. The summed E-state index contributed by atoms with van der Waals surface area (Å²) >= 11 is 0. The van der Waals surface area contributed by atoms with Gasteiger partial charge in [-0.2, -0.15) is 5.10 Å². The van der Waals surface area contributed by atoms with Crippen LogP contribution in [0.1, 0.15) is 28.5 Å². The highest BCUT2D eigenvalue weighted by Gasteiger charge is 2.15. The Kier molecular flexibility index (Phi) is 4.37. The Morgan fingerprint density at radius 2 is 2.12 bits per heavy atom. The average Bonchev–Trinajstić information content (AvgIpc) is 3.16. The fourth-order valence-corrected chi connectivity index (χ4v) is 2.39. The van der Waals surface area contributed by atoms with Gasteiger partial charge in [-0.05, 0) is 19.9 Å². The monoisotopic (exact) mass is 328 g/mol. The highest BCUT2D eigenvalue weighted by Crippen LogP contribution is 2.11. The summed E-state index contributed by atoms with van der Waals surface area (Å²) in [5.74, 6) is -0.461. The van der Waals surface area contributed by atoms with Crippen molar-refractivity contribution in [2.45, 2.75) is 26.9 Å². The van der Waals surface area contributed by atoms with Crippen LogP contribution >= 0.6 is 0 Å². The Hall–Kier alpha value is -3.03. The number of amides is 1. The molecule has 24 heavy (non-hydrogen) atoms. The lowest BCUT2D eigenvalue weighted by atomic mass is 10.2. The minimum Gasteiger partial charge on any atom is -0.289 e. The van der Waals surface area contributed by atoms with Gasteiger partial charge >= 0.3 is 0 Å². The molecule has 0 saturated carbocycles. The summed E-state index contributed by atoms with van der Waals surface area (Å²) in [5, 5.41) is 10.9. The van der Waals surface area contributed by atoms with E-state index in [2.05, 4.69) is 20.5 Å². The van der Waals surface area contributed by atoms with Gasteiger partial charge in [-0.3, -0.25) is 14.8 Å². The molecule has 1 N–H and O–H groups in total. The number of nitrogens with one attached hydrogen (secondary N) is 1. The van der Waals surface area contributed by atoms with Gasteiger partial charge in [0.2, 0.25) is 5.95 Å². The van der Waals surface area contributed by atoms with Crippen molar-refractivity contribution in [2.24, 2.45) is 0 Å². The molecule has 0 aliphatic heterocycles. The maximum absolute atomic E-state index is 13.7. The fraction of sp³-hybridized carbons (Fsp3) is 0.250. The van der Waals surface area contributed by atoms with Crippen LogP contribution < -0.4 is 5.32 Å². The number of aromatic nitrogens is 5. The second-order valence-corrected chi connectivity index (χ2v) is 5.27. The molecule has 0 fully saturated rings. The molecule has 0 unspecified atom stereocenters. The smallest absolute Gasteiger partial charge is 0.261 e. The van der Waals surface area contributed by atoms with Gasteiger partial charge in [0.15, 0.2) is 0 Å². The Labute approximate surface area is 138 Å². The van der Waals surface area contributed by atoms with Gasteiger partial charge < -0.3 is 0 Å². The minimum absolute atomic E-state index is 0.167. The molecule has 0 spiro atoms. The normalized spacial score (nSPS) is 10.8. The zero-order valence-corrected chi connectivity index (χ0v) is 13.4. The summed E-state index contributed by atoms with van der Waals surface area (Å²) in [6.07, 6.45) is 2.97. The van der Waals surface area contributed by atoms with E-state index in [9.17, 15) is 9.18 Å². The first-order valence-corrected chi connectivity index (χ1v) is 7.55. The van der Waals surface area contributed by atoms with E-state index in [-0.39, 0.29) is 24.2 Å². The van der Waals surface area contributed by atoms with Crippen LogP contribution in [0.2, 0.25) is 0 Å². The van der Waals surface area contributed by atoms with Crippen LogP contribution in [-0.4, -0.2) is 30.5 Å². The number of hydrogen-bond acceptors (Lipinski definition) is 4. The molecule has 0 aliphatic rings. The molecule has 7 nitrogen and oxygen atoms in total. The van der Waals surface area contributed by atoms with Crippen molar-refractivity contribution in [3.05, 3.63) is 59.4 Å². The number of anilines is 1. The second kappa shape index (κ2) is 6.61. The van der Waals surface area contributed by atoms with Crippen LogP contribution in [0.3, 0.4) is 0 Å². The Bertz CT molecular complexity index is 869. The molecule has 0 bridgehead atoms. The number of halogens is 1. The van der Waals surface area contributed by atoms with Crippen LogP contribution in [0.4, 0.5) is 10.3 Å². The van der Waals surface area contributed by atoms with Crippen molar-refractivity contribution in [3.63, 3.8) is 0 Å². The topological polar surface area (TPSA) is 77.6 Å². The zero-order valence-electron chi connectivity index (χ0n) is 13.4. The molecular formula is C16H17FN6O. The number of nitrogens with zero attached hydrogens (tertiary/aromatic N) is 5. The lowest BCUT2D eigenvalue weighted by Crippen LogP contribution is -2.14. The summed E-state index contributed by atoms with van der Waals surface area (Å²) in [6.45, 7) is 4.71. The number of carbonyl (C=O) groups excluding carboxylic acids is 1. The fourth-order valence-electron chi connectivity index (χ4n) is 2.39. The van der Waals surface area contributed by atoms with E-state index in [0.717, 1.165) is 5.69 Å². The average molecular weight is 328 g/mol. The molecule has 3 rings (SSSR count). The molecule has 2 aromatic heterocycles. The Morgan fingerprint density at radius 3 is 2.83 bits per heavy atom. The second-order valence-electron chi connectivity index (χ2n) is 5.27. The van der Waals surface area contributed by atoms with Crippen molar-refractivity contribution in [1.29, 1.82) is 0 Å². The van der Waals surface area contributed by atoms with Crippen molar-refractivity contribution in [3.8, 4) is 0 Å². The van der Waals surface area contributed by atoms with Crippen LogP contribution in [0.5, 0.6) is 0 Å². The summed E-state index contributed by atoms with van der Waals surface area (Å²) < 4.78 is 16.9. The maximum Gasteiger partial charge on any atom is 0.261 e. The van der Waals surface area contributed by atoms with E-state index >= 15 is 0 Å². The molecule has 0 aliphatic carbocycles. The standard InChI is InChI=1S/C16H17FN6O/c1-3-23-11(2)13(8-19-23)15(24)20-16-18-10-22(21-16)9-12-6-4-5-7-14(12)17/h4-8,10H,3,9H2,1-2H3,(H,20,21,24). The van der Waals surface area contributed by atoms with Crippen LogP contribution in [0.15, 0.2) is 36.8 Å². The van der Waals surface area contributed by atoms with Gasteiger partial charge in [0.05, 0.1) is 18.3 Å². The molecule has 0 atom stereocenters. The first-order valence-electron chi connectivity index (χ1n) is 7.55. The molecular weight excluding hydrogens is 311 g/mol. The van der Waals surface area contributed by atoms with E-state index < -0.39 is 0 Å². The summed E-state index contributed by atoms with van der Waals surface area (Å²) in [5.41, 5.74) is 1.75. The molecule has 1 aromatic carbocycles. The predicted octanol–water partition coefficient (Wildman–Crippen LogP) is 2.24. The Balaban J connectivity index is 1.71. The van der Waals surface area contributed by atoms with E-state index in [0.29, 0.717) is 17.7 Å². The van der Waals surface area contributed by atoms with Crippen LogP contribution in [0, 0.1) is 12.7 Å². The van der Waals surface area contributed by atoms with Gasteiger partial charge in [0.1, 0.15) is 12.1 Å². The van der Waals surface area contributed by atoms with Gasteiger partial charge in [-0.1, -0.05) is 18.2 Å². The van der Waals surface area contributed by atoms with E-state index in [1.807, 2.05) is 13.8 Å². The highest BCUT2D eigenvalue weighted by molar-refractivity contribution is 6.03. The molecule has 2 heterocycles. The van der Waals surface area contributed by atoms with Crippen molar-refractivity contribution in [1.82, 2.24) is 24.5 Å². The minimum atomic E-state index is -0.323. The largest absolute Gasteiger partial charge is 0.289 e. The number of benzene rings is 1. The number of rotatable bonds is 5. The molecule has 1 amide bonds. The molecule has 0 saturated heterocycles. The summed E-state index contributed by atoms with van der Waals surface area (Å²) in [4.78, 5) is 16.3. The zero-order chi connectivity index (χ0) is 17.1. The van der Waals surface area contributed by atoms with E-state index in [4.69, 9.17) is 0 Å². The maximum atomic E-state index is 13.7. The SMILES string of the molecule is CCn1ncc(C(=O)Nc2ncn(Cc3ccccc3F)n2)c1C. The van der Waals surface area contributed by atoms with Crippen LogP contribution in [-0.2, 0) is 13.1 Å². The van der Waals surface area contributed by atoms with E-state index in [1.165, 1.54) is 23.3 Å². The summed E-state index contributed by atoms with van der Waals surface area (Å²) in [6, 6.07) is 6.46. The predicted molar refractivity (Wildman–Crippen MR) is 86.1 cm³/mol. The number of hydrogen-bond donors (Lipinski definition) is 1. The van der Waals surface area contributed by atoms with Crippen molar-refractivity contribution >= 4 is 11.9 Å².